The van der Waals surface area contributed by atoms with Crippen molar-refractivity contribution in [2.45, 2.75) is 102 Å². The van der Waals surface area contributed by atoms with Crippen LogP contribution in [-0.4, -0.2) is 66.7 Å². The molecule has 4 N–H and O–H groups in total. The first-order chi connectivity index (χ1) is 16.3. The van der Waals surface area contributed by atoms with Crippen LogP contribution < -0.4 is 11.3 Å². The molecule has 2 aliphatic rings. The Morgan fingerprint density at radius 2 is 1.69 bits per heavy atom. The van der Waals surface area contributed by atoms with Gasteiger partial charge in [-0.25, -0.2) is 4.98 Å². The number of fused-ring (bicyclic) bond motifs is 2. The highest BCUT2D eigenvalue weighted by Crippen LogP contribution is 2.48. The van der Waals surface area contributed by atoms with Gasteiger partial charge in [0.15, 0.2) is 17.4 Å². The van der Waals surface area contributed by atoms with Crippen LogP contribution in [0.1, 0.15) is 61.6 Å². The number of ether oxygens (including phenoxy) is 1. The minimum Gasteiger partial charge on any atom is -0.414 e. The molecule has 0 radical (unpaired) electrons. The zero-order valence-corrected chi connectivity index (χ0v) is 23.8. The lowest BCUT2D eigenvalue weighted by molar-refractivity contribution is -0.0570. The van der Waals surface area contributed by atoms with Gasteiger partial charge in [-0.05, 0) is 22.2 Å². The van der Waals surface area contributed by atoms with Crippen molar-refractivity contribution in [3.63, 3.8) is 0 Å². The monoisotopic (exact) mass is 525 g/mol. The lowest BCUT2D eigenvalue weighted by Gasteiger charge is -2.51. The minimum atomic E-state index is -2.91. The number of nitrogens with two attached hydrogens (primary N) is 1. The summed E-state index contributed by atoms with van der Waals surface area (Å²) in [5, 5.41) is 11.5. The fraction of sp³-hybridized carbons (Fsp3) is 0.773. The Balaban J connectivity index is 1.79. The number of aromatic amines is 1. The second-order valence-corrected chi connectivity index (χ2v) is 19.7. The van der Waals surface area contributed by atoms with E-state index in [1.165, 1.54) is 6.33 Å². The zero-order chi connectivity index (χ0) is 25.9. The van der Waals surface area contributed by atoms with E-state index in [-0.39, 0.29) is 45.9 Å². The molecular formula is C22H39N5O6Si2. The van der Waals surface area contributed by atoms with Crippen molar-refractivity contribution in [2.24, 2.45) is 0 Å². The van der Waals surface area contributed by atoms with Crippen molar-refractivity contribution >= 4 is 34.2 Å². The Morgan fingerprint density at radius 1 is 1.09 bits per heavy atom. The molecule has 11 nitrogen and oxygen atoms in total. The van der Waals surface area contributed by atoms with Crippen molar-refractivity contribution < 1.29 is 22.8 Å². The van der Waals surface area contributed by atoms with Crippen molar-refractivity contribution in [1.82, 2.24) is 19.5 Å². The predicted molar refractivity (Wildman–Crippen MR) is 136 cm³/mol. The Morgan fingerprint density at radius 3 is 2.26 bits per heavy atom. The number of aliphatic hydroxyl groups is 1. The van der Waals surface area contributed by atoms with Gasteiger partial charge >= 0.3 is 17.1 Å². The summed E-state index contributed by atoms with van der Waals surface area (Å²) < 4.78 is 28.7. The van der Waals surface area contributed by atoms with E-state index in [1.807, 2.05) is 0 Å². The van der Waals surface area contributed by atoms with Crippen LogP contribution in [0, 0.1) is 0 Å². The molecule has 0 saturated carbocycles. The molecule has 0 aliphatic carbocycles. The van der Waals surface area contributed by atoms with E-state index in [2.05, 4.69) is 70.3 Å². The maximum Gasteiger partial charge on any atom is 0.335 e. The van der Waals surface area contributed by atoms with E-state index in [4.69, 9.17) is 23.4 Å². The van der Waals surface area contributed by atoms with Gasteiger partial charge < -0.3 is 28.5 Å². The molecule has 0 spiro atoms. The predicted octanol–water partition coefficient (Wildman–Crippen LogP) is 2.92. The number of nitrogens with one attached hydrogen (secondary N) is 1. The third-order valence-electron chi connectivity index (χ3n) is 7.37. The molecule has 0 amide bonds. The standard InChI is InChI=1S/C22H39N5O6Si2/c1-11(2)34(12(3)4)30-9-15-18(32-35(33-34,13(5)6)14(7)8)17(28)21(31-15)27-10-24-16-19(27)25-22(23)26-20(16)29/h10-15,17-18,21,28H,9H2,1-8H3,(H3,23,25,26,29). The quantitative estimate of drug-likeness (QED) is 0.501. The number of aliphatic hydroxyl groups excluding tert-OH is 1. The second-order valence-electron chi connectivity index (χ2n) is 10.9. The number of aromatic nitrogens is 4. The normalized spacial score (nSPS) is 28.7. The summed E-state index contributed by atoms with van der Waals surface area (Å²) in [6.07, 6.45) is -1.67. The highest BCUT2D eigenvalue weighted by atomic mass is 28.5. The highest BCUT2D eigenvalue weighted by Gasteiger charge is 2.61. The molecule has 2 fully saturated rings. The van der Waals surface area contributed by atoms with Crippen LogP contribution in [0.2, 0.25) is 22.2 Å². The fourth-order valence-electron chi connectivity index (χ4n) is 5.50. The third-order valence-corrected chi connectivity index (χ3v) is 17.6. The van der Waals surface area contributed by atoms with Crippen LogP contribution in [0.3, 0.4) is 0 Å². The molecule has 4 unspecified atom stereocenters. The number of H-pyrrole nitrogens is 1. The molecule has 4 atom stereocenters. The lowest BCUT2D eigenvalue weighted by Crippen LogP contribution is -2.65. The van der Waals surface area contributed by atoms with E-state index in [9.17, 15) is 9.90 Å². The SMILES string of the molecule is CC(C)[Si]1(C(C)C)OCC2OC(n3cnc4c(=O)[nH]c(N)nc43)C(O)C2O[Si](C(C)C)(C(C)C)O1. The van der Waals surface area contributed by atoms with E-state index in [1.54, 1.807) is 4.57 Å². The van der Waals surface area contributed by atoms with Crippen LogP contribution >= 0.6 is 0 Å². The molecule has 2 aliphatic heterocycles. The lowest BCUT2D eigenvalue weighted by atomic mass is 10.1. The number of rotatable bonds is 5. The molecule has 4 rings (SSSR count). The van der Waals surface area contributed by atoms with Gasteiger partial charge in [-0.15, -0.1) is 0 Å². The van der Waals surface area contributed by atoms with Crippen LogP contribution in [0.4, 0.5) is 5.95 Å². The van der Waals surface area contributed by atoms with Gasteiger partial charge in [-0.2, -0.15) is 4.98 Å². The molecular weight excluding hydrogens is 486 g/mol. The molecule has 2 saturated heterocycles. The summed E-state index contributed by atoms with van der Waals surface area (Å²) in [6.45, 7) is 17.4. The number of hydrogen-bond acceptors (Lipinski definition) is 9. The first-order valence-electron chi connectivity index (χ1n) is 12.4. The molecule has 0 aromatic carbocycles. The molecule has 2 aromatic rings. The summed E-state index contributed by atoms with van der Waals surface area (Å²) in [4.78, 5) is 23.1. The summed E-state index contributed by atoms with van der Waals surface area (Å²) in [7, 11) is -5.64. The van der Waals surface area contributed by atoms with Gasteiger partial charge in [0, 0.05) is 0 Å². The molecule has 0 bridgehead atoms. The van der Waals surface area contributed by atoms with Crippen LogP contribution in [0.5, 0.6) is 0 Å². The summed E-state index contributed by atoms with van der Waals surface area (Å²) in [6, 6.07) is 0. The molecule has 13 heteroatoms. The van der Waals surface area contributed by atoms with Crippen molar-refractivity contribution in [1.29, 1.82) is 0 Å². The maximum absolute atomic E-state index is 12.3. The van der Waals surface area contributed by atoms with Gasteiger partial charge in [0.25, 0.3) is 5.56 Å². The first-order valence-corrected chi connectivity index (χ1v) is 16.4. The molecule has 196 valence electrons. The smallest absolute Gasteiger partial charge is 0.335 e. The summed E-state index contributed by atoms with van der Waals surface area (Å²) in [5.41, 5.74) is 6.33. The van der Waals surface area contributed by atoms with E-state index >= 15 is 0 Å². The Labute approximate surface area is 207 Å². The number of anilines is 1. The number of nitrogen functional groups attached to an aromatic ring is 1. The fourth-order valence-corrected chi connectivity index (χ4v) is 16.7. The van der Waals surface area contributed by atoms with Gasteiger partial charge in [0.1, 0.15) is 18.3 Å². The van der Waals surface area contributed by atoms with Gasteiger partial charge in [0.2, 0.25) is 5.95 Å². The molecule has 35 heavy (non-hydrogen) atoms. The number of nitrogens with zero attached hydrogens (tertiary/aromatic N) is 3. The summed E-state index contributed by atoms with van der Waals surface area (Å²) >= 11 is 0. The topological polar surface area (TPSA) is 147 Å². The Hall–Kier alpha value is -1.62. The maximum atomic E-state index is 12.3. The highest BCUT2D eigenvalue weighted by molar-refractivity contribution is 6.83. The van der Waals surface area contributed by atoms with Gasteiger partial charge in [0.05, 0.1) is 12.9 Å². The zero-order valence-electron chi connectivity index (χ0n) is 21.8. The largest absolute Gasteiger partial charge is 0.414 e. The van der Waals surface area contributed by atoms with Crippen LogP contribution in [-0.2, 0) is 17.7 Å². The second kappa shape index (κ2) is 9.36. The van der Waals surface area contributed by atoms with Crippen molar-refractivity contribution in [2.75, 3.05) is 12.3 Å². The van der Waals surface area contributed by atoms with E-state index in [0.717, 1.165) is 0 Å². The Kier molecular flexibility index (Phi) is 7.07. The Bertz CT molecular complexity index is 1100. The van der Waals surface area contributed by atoms with Crippen LogP contribution in [0.15, 0.2) is 11.1 Å². The first kappa shape index (κ1) is 26.4. The molecule has 4 heterocycles. The number of imidazole rings is 1. The average molecular weight is 526 g/mol. The third kappa shape index (κ3) is 4.20. The average Bonchev–Trinajstić information content (AvgIpc) is 3.28. The molecule has 2 aromatic heterocycles. The van der Waals surface area contributed by atoms with Crippen molar-refractivity contribution in [3.05, 3.63) is 16.7 Å². The number of hydrogen-bond donors (Lipinski definition) is 3. The van der Waals surface area contributed by atoms with E-state index < -0.39 is 47.2 Å². The van der Waals surface area contributed by atoms with Gasteiger partial charge in [-0.3, -0.25) is 14.3 Å². The van der Waals surface area contributed by atoms with Gasteiger partial charge in [-0.1, -0.05) is 55.4 Å². The van der Waals surface area contributed by atoms with Crippen LogP contribution in [0.25, 0.3) is 11.2 Å². The van der Waals surface area contributed by atoms with Crippen molar-refractivity contribution in [3.8, 4) is 0 Å². The van der Waals surface area contributed by atoms with E-state index in [0.29, 0.717) is 0 Å². The summed E-state index contributed by atoms with van der Waals surface area (Å²) in [5.74, 6) is -0.0357. The minimum absolute atomic E-state index is 0.0357.